The fourth-order valence-corrected chi connectivity index (χ4v) is 2.42. The minimum atomic E-state index is 0.300. The maximum atomic E-state index is 5.74. The van der Waals surface area contributed by atoms with Crippen molar-refractivity contribution in [2.75, 3.05) is 25.1 Å². The van der Waals surface area contributed by atoms with Crippen molar-refractivity contribution in [3.63, 3.8) is 0 Å². The van der Waals surface area contributed by atoms with Crippen LogP contribution in [0.3, 0.4) is 0 Å². The smallest absolute Gasteiger partial charge is 0.0723 e. The molecule has 4 nitrogen and oxygen atoms in total. The highest BCUT2D eigenvalue weighted by Crippen LogP contribution is 2.23. The largest absolute Gasteiger partial charge is 0.375 e. The molecule has 2 rings (SSSR count). The molecular weight excluding hydrogens is 226 g/mol. The maximum absolute atomic E-state index is 5.74. The Hall–Kier alpha value is -1.13. The normalized spacial score (nSPS) is 24.3. The van der Waals surface area contributed by atoms with E-state index in [0.717, 1.165) is 31.8 Å². The summed E-state index contributed by atoms with van der Waals surface area (Å²) >= 11 is 0. The number of hydrogen-bond donors (Lipinski definition) is 1. The van der Waals surface area contributed by atoms with E-state index in [-0.39, 0.29) is 0 Å². The quantitative estimate of drug-likeness (QED) is 0.883. The van der Waals surface area contributed by atoms with Crippen molar-refractivity contribution in [1.82, 2.24) is 10.3 Å². The number of anilines is 1. The summed E-state index contributed by atoms with van der Waals surface area (Å²) in [5, 5.41) is 3.14. The SMILES string of the molecule is CCC1COC(C)CN1c1ccnc(CNC)c1. The van der Waals surface area contributed by atoms with Crippen LogP contribution in [0.2, 0.25) is 0 Å². The van der Waals surface area contributed by atoms with E-state index in [1.54, 1.807) is 0 Å². The van der Waals surface area contributed by atoms with Crippen molar-refractivity contribution in [3.8, 4) is 0 Å². The molecule has 0 aliphatic carbocycles. The lowest BCUT2D eigenvalue weighted by Gasteiger charge is -2.40. The molecular formula is C14H23N3O. The standard InChI is InChI=1S/C14H23N3O/c1-4-13-10-18-11(2)9-17(13)14-5-6-16-12(7-14)8-15-3/h5-7,11,13,15H,4,8-10H2,1-3H3. The van der Waals surface area contributed by atoms with Gasteiger partial charge in [-0.25, -0.2) is 0 Å². The number of aromatic nitrogens is 1. The molecule has 0 saturated carbocycles. The predicted octanol–water partition coefficient (Wildman–Crippen LogP) is 1.80. The lowest BCUT2D eigenvalue weighted by molar-refractivity contribution is 0.0299. The van der Waals surface area contributed by atoms with Gasteiger partial charge in [-0.2, -0.15) is 0 Å². The van der Waals surface area contributed by atoms with Gasteiger partial charge in [0.05, 0.1) is 24.4 Å². The molecule has 0 amide bonds. The van der Waals surface area contributed by atoms with E-state index in [9.17, 15) is 0 Å². The Kier molecular flexibility index (Phi) is 4.55. The second kappa shape index (κ2) is 6.16. The van der Waals surface area contributed by atoms with Crippen molar-refractivity contribution in [2.45, 2.75) is 39.0 Å². The fraction of sp³-hybridized carbons (Fsp3) is 0.643. The van der Waals surface area contributed by atoms with Gasteiger partial charge in [0, 0.05) is 25.0 Å². The highest BCUT2D eigenvalue weighted by Gasteiger charge is 2.25. The van der Waals surface area contributed by atoms with E-state index in [1.807, 2.05) is 13.2 Å². The van der Waals surface area contributed by atoms with E-state index in [0.29, 0.717) is 12.1 Å². The van der Waals surface area contributed by atoms with E-state index >= 15 is 0 Å². The average molecular weight is 249 g/mol. The first-order valence-electron chi connectivity index (χ1n) is 6.72. The van der Waals surface area contributed by atoms with Crippen LogP contribution in [-0.4, -0.2) is 37.3 Å². The number of rotatable bonds is 4. The highest BCUT2D eigenvalue weighted by molar-refractivity contribution is 5.48. The van der Waals surface area contributed by atoms with Crippen LogP contribution in [0.1, 0.15) is 26.0 Å². The van der Waals surface area contributed by atoms with Crippen molar-refractivity contribution < 1.29 is 4.74 Å². The molecule has 2 unspecified atom stereocenters. The molecule has 2 atom stereocenters. The van der Waals surface area contributed by atoms with Gasteiger partial charge in [-0.1, -0.05) is 6.92 Å². The molecule has 4 heteroatoms. The summed E-state index contributed by atoms with van der Waals surface area (Å²) in [6.45, 7) is 6.94. The number of nitrogens with one attached hydrogen (secondary N) is 1. The summed E-state index contributed by atoms with van der Waals surface area (Å²) in [4.78, 5) is 6.83. The van der Waals surface area contributed by atoms with Crippen LogP contribution in [0.25, 0.3) is 0 Å². The minimum Gasteiger partial charge on any atom is -0.375 e. The van der Waals surface area contributed by atoms with Crippen LogP contribution in [0.5, 0.6) is 0 Å². The Labute approximate surface area is 109 Å². The molecule has 1 fully saturated rings. The average Bonchev–Trinajstić information content (AvgIpc) is 2.39. The van der Waals surface area contributed by atoms with Crippen molar-refractivity contribution >= 4 is 5.69 Å². The molecule has 0 radical (unpaired) electrons. The van der Waals surface area contributed by atoms with Crippen LogP contribution in [0.4, 0.5) is 5.69 Å². The first-order valence-corrected chi connectivity index (χ1v) is 6.72. The number of hydrogen-bond acceptors (Lipinski definition) is 4. The van der Waals surface area contributed by atoms with Crippen molar-refractivity contribution in [1.29, 1.82) is 0 Å². The lowest BCUT2D eigenvalue weighted by Crippen LogP contribution is -2.48. The molecule has 2 heterocycles. The Morgan fingerprint density at radius 3 is 3.11 bits per heavy atom. The third kappa shape index (κ3) is 3.00. The number of pyridine rings is 1. The lowest BCUT2D eigenvalue weighted by atomic mass is 10.1. The van der Waals surface area contributed by atoms with Gasteiger partial charge in [0.1, 0.15) is 0 Å². The Morgan fingerprint density at radius 2 is 2.39 bits per heavy atom. The minimum absolute atomic E-state index is 0.300. The van der Waals surface area contributed by atoms with Crippen molar-refractivity contribution in [2.24, 2.45) is 0 Å². The van der Waals surface area contributed by atoms with Crippen LogP contribution in [0.15, 0.2) is 18.3 Å². The van der Waals surface area contributed by atoms with E-state index < -0.39 is 0 Å². The summed E-state index contributed by atoms with van der Waals surface area (Å²) in [6.07, 6.45) is 3.30. The zero-order valence-electron chi connectivity index (χ0n) is 11.5. The summed E-state index contributed by atoms with van der Waals surface area (Å²) < 4.78 is 5.74. The first-order chi connectivity index (χ1) is 8.74. The number of morpholine rings is 1. The third-order valence-corrected chi connectivity index (χ3v) is 3.43. The summed E-state index contributed by atoms with van der Waals surface area (Å²) in [6, 6.07) is 4.75. The summed E-state index contributed by atoms with van der Waals surface area (Å²) in [5.74, 6) is 0. The van der Waals surface area contributed by atoms with Gasteiger partial charge in [-0.3, -0.25) is 4.98 Å². The first kappa shape index (κ1) is 13.3. The van der Waals surface area contributed by atoms with Gasteiger partial charge in [-0.05, 0) is 32.5 Å². The van der Waals surface area contributed by atoms with Gasteiger partial charge in [0.2, 0.25) is 0 Å². The van der Waals surface area contributed by atoms with Gasteiger partial charge in [0.15, 0.2) is 0 Å². The van der Waals surface area contributed by atoms with Crippen LogP contribution >= 0.6 is 0 Å². The molecule has 100 valence electrons. The highest BCUT2D eigenvalue weighted by atomic mass is 16.5. The number of nitrogens with zero attached hydrogens (tertiary/aromatic N) is 2. The molecule has 1 saturated heterocycles. The van der Waals surface area contributed by atoms with Gasteiger partial charge in [0.25, 0.3) is 0 Å². The van der Waals surface area contributed by atoms with E-state index in [1.165, 1.54) is 5.69 Å². The number of ether oxygens (including phenoxy) is 1. The topological polar surface area (TPSA) is 37.4 Å². The molecule has 1 aliphatic rings. The molecule has 18 heavy (non-hydrogen) atoms. The Morgan fingerprint density at radius 1 is 1.56 bits per heavy atom. The van der Waals surface area contributed by atoms with E-state index in [4.69, 9.17) is 4.74 Å². The second-order valence-corrected chi connectivity index (χ2v) is 4.89. The monoisotopic (exact) mass is 249 g/mol. The third-order valence-electron chi connectivity index (χ3n) is 3.43. The Balaban J connectivity index is 2.19. The van der Waals surface area contributed by atoms with Gasteiger partial charge >= 0.3 is 0 Å². The molecule has 0 bridgehead atoms. The fourth-order valence-electron chi connectivity index (χ4n) is 2.42. The zero-order valence-corrected chi connectivity index (χ0v) is 11.5. The summed E-state index contributed by atoms with van der Waals surface area (Å²) in [7, 11) is 1.94. The van der Waals surface area contributed by atoms with Crippen LogP contribution in [0, 0.1) is 0 Å². The predicted molar refractivity (Wildman–Crippen MR) is 73.8 cm³/mol. The zero-order chi connectivity index (χ0) is 13.0. The second-order valence-electron chi connectivity index (χ2n) is 4.89. The summed E-state index contributed by atoms with van der Waals surface area (Å²) in [5.41, 5.74) is 2.35. The molecule has 0 spiro atoms. The molecule has 1 N–H and O–H groups in total. The van der Waals surface area contributed by atoms with E-state index in [2.05, 4.69) is 41.2 Å². The molecule has 1 aromatic heterocycles. The Bertz CT molecular complexity index is 383. The van der Waals surface area contributed by atoms with Crippen molar-refractivity contribution in [3.05, 3.63) is 24.0 Å². The molecule has 1 aromatic rings. The molecule has 0 aromatic carbocycles. The maximum Gasteiger partial charge on any atom is 0.0723 e. The van der Waals surface area contributed by atoms with Gasteiger partial charge < -0.3 is 15.0 Å². The molecule has 1 aliphatic heterocycles. The van der Waals surface area contributed by atoms with Crippen LogP contribution in [-0.2, 0) is 11.3 Å². The van der Waals surface area contributed by atoms with Crippen LogP contribution < -0.4 is 10.2 Å². The van der Waals surface area contributed by atoms with Gasteiger partial charge in [-0.15, -0.1) is 0 Å².